The normalized spacial score (nSPS) is 16.2. The van der Waals surface area contributed by atoms with Gasteiger partial charge in [-0.3, -0.25) is 9.59 Å². The number of anilines is 1. The van der Waals surface area contributed by atoms with Crippen LogP contribution in [0.25, 0.3) is 0 Å². The van der Waals surface area contributed by atoms with E-state index in [2.05, 4.69) is 10.6 Å². The summed E-state index contributed by atoms with van der Waals surface area (Å²) in [6.45, 7) is 5.96. The first-order valence-corrected chi connectivity index (χ1v) is 6.99. The van der Waals surface area contributed by atoms with E-state index in [9.17, 15) is 9.59 Å². The van der Waals surface area contributed by atoms with Crippen LogP contribution in [0.2, 0.25) is 0 Å². The molecule has 1 aromatic carbocycles. The van der Waals surface area contributed by atoms with Gasteiger partial charge in [-0.1, -0.05) is 6.07 Å². The summed E-state index contributed by atoms with van der Waals surface area (Å²) in [6.07, 6.45) is -0.488. The molecule has 1 aliphatic rings. The molecule has 21 heavy (non-hydrogen) atoms. The Labute approximate surface area is 123 Å². The Morgan fingerprint density at radius 2 is 2.24 bits per heavy atom. The predicted molar refractivity (Wildman–Crippen MR) is 78.2 cm³/mol. The average Bonchev–Trinajstić information content (AvgIpc) is 2.46. The van der Waals surface area contributed by atoms with E-state index in [1.807, 2.05) is 26.0 Å². The molecule has 6 nitrogen and oxygen atoms in total. The lowest BCUT2D eigenvalue weighted by Crippen LogP contribution is -2.36. The largest absolute Gasteiger partial charge is 0.482 e. The SMILES string of the molecule is CCO[C@H](C)C(=O)N[C@@H](C)c1ccc2c(c1)NC(=O)CO2. The van der Waals surface area contributed by atoms with Gasteiger partial charge in [0.1, 0.15) is 11.9 Å². The van der Waals surface area contributed by atoms with E-state index >= 15 is 0 Å². The molecule has 1 aromatic rings. The van der Waals surface area contributed by atoms with E-state index in [0.717, 1.165) is 5.56 Å². The second kappa shape index (κ2) is 6.58. The smallest absolute Gasteiger partial charge is 0.262 e. The minimum Gasteiger partial charge on any atom is -0.482 e. The lowest BCUT2D eigenvalue weighted by Gasteiger charge is -2.22. The van der Waals surface area contributed by atoms with Crippen LogP contribution in [0.5, 0.6) is 5.75 Å². The van der Waals surface area contributed by atoms with Crippen LogP contribution in [-0.2, 0) is 14.3 Å². The summed E-state index contributed by atoms with van der Waals surface area (Å²) in [5.41, 5.74) is 1.51. The molecule has 0 saturated heterocycles. The summed E-state index contributed by atoms with van der Waals surface area (Å²) < 4.78 is 10.6. The van der Waals surface area contributed by atoms with Crippen molar-refractivity contribution in [2.75, 3.05) is 18.5 Å². The molecule has 0 unspecified atom stereocenters. The maximum Gasteiger partial charge on any atom is 0.262 e. The van der Waals surface area contributed by atoms with Crippen molar-refractivity contribution in [1.82, 2.24) is 5.32 Å². The average molecular weight is 292 g/mol. The third kappa shape index (κ3) is 3.72. The molecule has 0 aliphatic carbocycles. The van der Waals surface area contributed by atoms with Crippen molar-refractivity contribution in [2.45, 2.75) is 32.9 Å². The van der Waals surface area contributed by atoms with Crippen molar-refractivity contribution in [3.63, 3.8) is 0 Å². The predicted octanol–water partition coefficient (Wildman–Crippen LogP) is 1.62. The highest BCUT2D eigenvalue weighted by atomic mass is 16.5. The quantitative estimate of drug-likeness (QED) is 0.864. The number of rotatable bonds is 5. The van der Waals surface area contributed by atoms with Crippen LogP contribution < -0.4 is 15.4 Å². The molecule has 0 aromatic heterocycles. The number of fused-ring (bicyclic) bond motifs is 1. The van der Waals surface area contributed by atoms with E-state index in [-0.39, 0.29) is 24.5 Å². The van der Waals surface area contributed by atoms with Crippen molar-refractivity contribution in [2.24, 2.45) is 0 Å². The highest BCUT2D eigenvalue weighted by Gasteiger charge is 2.19. The Bertz CT molecular complexity index is 544. The van der Waals surface area contributed by atoms with Gasteiger partial charge in [-0.15, -0.1) is 0 Å². The highest BCUT2D eigenvalue weighted by molar-refractivity contribution is 5.95. The summed E-state index contributed by atoms with van der Waals surface area (Å²) in [5, 5.41) is 5.63. The van der Waals surface area contributed by atoms with Crippen LogP contribution in [0.4, 0.5) is 5.69 Å². The third-order valence-electron chi connectivity index (χ3n) is 3.28. The molecule has 0 radical (unpaired) electrons. The number of carbonyl (C=O) groups is 2. The molecule has 1 heterocycles. The van der Waals surface area contributed by atoms with E-state index < -0.39 is 6.10 Å². The molecule has 0 fully saturated rings. The Kier molecular flexibility index (Phi) is 4.80. The van der Waals surface area contributed by atoms with Crippen LogP contribution in [0.1, 0.15) is 32.4 Å². The third-order valence-corrected chi connectivity index (χ3v) is 3.28. The Hall–Kier alpha value is -2.08. The van der Waals surface area contributed by atoms with Gasteiger partial charge >= 0.3 is 0 Å². The zero-order valence-electron chi connectivity index (χ0n) is 12.4. The van der Waals surface area contributed by atoms with Gasteiger partial charge < -0.3 is 20.1 Å². The standard InChI is InChI=1S/C15H20N2O4/c1-4-20-10(3)15(19)16-9(2)11-5-6-13-12(7-11)17-14(18)8-21-13/h5-7,9-10H,4,8H2,1-3H3,(H,16,19)(H,17,18)/t9-,10+/m0/s1. The number of ether oxygens (including phenoxy) is 2. The first-order chi connectivity index (χ1) is 10.0. The monoisotopic (exact) mass is 292 g/mol. The lowest BCUT2D eigenvalue weighted by atomic mass is 10.1. The van der Waals surface area contributed by atoms with Crippen molar-refractivity contribution >= 4 is 17.5 Å². The number of hydrogen-bond donors (Lipinski definition) is 2. The van der Waals surface area contributed by atoms with Gasteiger partial charge in [0.25, 0.3) is 5.91 Å². The van der Waals surface area contributed by atoms with Crippen molar-refractivity contribution < 1.29 is 19.1 Å². The maximum atomic E-state index is 11.9. The molecule has 2 rings (SSSR count). The zero-order valence-corrected chi connectivity index (χ0v) is 12.4. The molecule has 2 amide bonds. The summed E-state index contributed by atoms with van der Waals surface area (Å²) >= 11 is 0. The van der Waals surface area contributed by atoms with Crippen LogP contribution in [0.15, 0.2) is 18.2 Å². The minimum atomic E-state index is -0.488. The van der Waals surface area contributed by atoms with Crippen molar-refractivity contribution in [1.29, 1.82) is 0 Å². The topological polar surface area (TPSA) is 76.7 Å². The van der Waals surface area contributed by atoms with Crippen molar-refractivity contribution in [3.8, 4) is 5.75 Å². The van der Waals surface area contributed by atoms with Crippen LogP contribution >= 0.6 is 0 Å². The molecule has 1 aliphatic heterocycles. The van der Waals surface area contributed by atoms with Gasteiger partial charge in [-0.2, -0.15) is 0 Å². The molecule has 2 N–H and O–H groups in total. The summed E-state index contributed by atoms with van der Waals surface area (Å²) in [5.74, 6) is 0.295. The first-order valence-electron chi connectivity index (χ1n) is 6.99. The molecule has 0 bridgehead atoms. The molecule has 0 saturated carbocycles. The second-order valence-corrected chi connectivity index (χ2v) is 4.92. The van der Waals surface area contributed by atoms with Crippen LogP contribution in [0.3, 0.4) is 0 Å². The van der Waals surface area contributed by atoms with Crippen molar-refractivity contribution in [3.05, 3.63) is 23.8 Å². The van der Waals surface area contributed by atoms with E-state index in [4.69, 9.17) is 9.47 Å². The van der Waals surface area contributed by atoms with Gasteiger partial charge in [0, 0.05) is 6.61 Å². The number of nitrogens with one attached hydrogen (secondary N) is 2. The number of benzene rings is 1. The minimum absolute atomic E-state index is 0.0322. The molecule has 0 spiro atoms. The van der Waals surface area contributed by atoms with E-state index in [1.54, 1.807) is 13.0 Å². The molecule has 114 valence electrons. The fourth-order valence-electron chi connectivity index (χ4n) is 2.11. The summed E-state index contributed by atoms with van der Waals surface area (Å²) in [6, 6.07) is 5.28. The van der Waals surface area contributed by atoms with Crippen LogP contribution in [-0.4, -0.2) is 31.1 Å². The molecule has 6 heteroatoms. The second-order valence-electron chi connectivity index (χ2n) is 4.92. The van der Waals surface area contributed by atoms with Gasteiger partial charge in [0.15, 0.2) is 6.61 Å². The number of hydrogen-bond acceptors (Lipinski definition) is 4. The first kappa shape index (κ1) is 15.3. The van der Waals surface area contributed by atoms with Gasteiger partial charge in [0.2, 0.25) is 5.91 Å². The fraction of sp³-hybridized carbons (Fsp3) is 0.467. The lowest BCUT2D eigenvalue weighted by molar-refractivity contribution is -0.132. The summed E-state index contributed by atoms with van der Waals surface area (Å²) in [7, 11) is 0. The Morgan fingerprint density at radius 1 is 1.48 bits per heavy atom. The van der Waals surface area contributed by atoms with E-state index in [1.165, 1.54) is 0 Å². The van der Waals surface area contributed by atoms with Gasteiger partial charge in [0.05, 0.1) is 11.7 Å². The Balaban J connectivity index is 2.06. The maximum absolute atomic E-state index is 11.9. The highest BCUT2D eigenvalue weighted by Crippen LogP contribution is 2.30. The van der Waals surface area contributed by atoms with Crippen LogP contribution in [0, 0.1) is 0 Å². The van der Waals surface area contributed by atoms with E-state index in [0.29, 0.717) is 18.0 Å². The Morgan fingerprint density at radius 3 is 2.95 bits per heavy atom. The molecule has 2 atom stereocenters. The molecular weight excluding hydrogens is 272 g/mol. The number of amides is 2. The zero-order chi connectivity index (χ0) is 15.4. The molecular formula is C15H20N2O4. The number of carbonyl (C=O) groups excluding carboxylic acids is 2. The van der Waals surface area contributed by atoms with Gasteiger partial charge in [-0.05, 0) is 38.5 Å². The summed E-state index contributed by atoms with van der Waals surface area (Å²) in [4.78, 5) is 23.3. The van der Waals surface area contributed by atoms with Gasteiger partial charge in [-0.25, -0.2) is 0 Å². The fourth-order valence-corrected chi connectivity index (χ4v) is 2.11.